The number of ether oxygens (including phenoxy) is 2. The first-order valence-electron chi connectivity index (χ1n) is 7.00. The summed E-state index contributed by atoms with van der Waals surface area (Å²) in [6, 6.07) is 4.52. The van der Waals surface area contributed by atoms with Crippen molar-refractivity contribution < 1.29 is 34.4 Å². The maximum Gasteiger partial charge on any atom is 0.129 e. The zero-order chi connectivity index (χ0) is 17.7. The standard InChI is InChI=1S/C15H17NO7S/c1-15(14(20)21)8-24-13(16-15)10-3-2-9(6-11(10)17)23-5-4-22-7-12(18)19/h2-3,6,17H,4-5,7-8H2,1H3,(H,18,19)(H,20,21)/p-2/t15-/m1/s1. The maximum atomic E-state index is 11.1. The molecule has 1 aliphatic rings. The Labute approximate surface area is 142 Å². The van der Waals surface area contributed by atoms with Crippen LogP contribution in [-0.4, -0.2) is 53.2 Å². The molecule has 1 atom stereocenters. The molecule has 0 aliphatic carbocycles. The Hall–Kier alpha value is -2.26. The van der Waals surface area contributed by atoms with Crippen LogP contribution in [0.2, 0.25) is 0 Å². The Morgan fingerprint density at radius 3 is 2.71 bits per heavy atom. The number of aromatic hydroxyl groups is 1. The minimum absolute atomic E-state index is 0.0586. The third-order valence-corrected chi connectivity index (χ3v) is 4.49. The predicted octanol–water partition coefficient (Wildman–Crippen LogP) is -1.46. The molecule has 0 saturated heterocycles. The molecule has 1 heterocycles. The fourth-order valence-corrected chi connectivity index (χ4v) is 3.09. The summed E-state index contributed by atoms with van der Waals surface area (Å²) in [5.41, 5.74) is -0.900. The number of rotatable bonds is 8. The van der Waals surface area contributed by atoms with E-state index >= 15 is 0 Å². The third kappa shape index (κ3) is 4.39. The molecule has 0 spiro atoms. The molecule has 0 amide bonds. The quantitative estimate of drug-likeness (QED) is 0.561. The van der Waals surface area contributed by atoms with Gasteiger partial charge in [-0.3, -0.25) is 4.99 Å². The van der Waals surface area contributed by atoms with Crippen LogP contribution >= 0.6 is 11.8 Å². The van der Waals surface area contributed by atoms with Gasteiger partial charge in [-0.2, -0.15) is 0 Å². The summed E-state index contributed by atoms with van der Waals surface area (Å²) in [4.78, 5) is 25.4. The molecule has 1 aromatic rings. The van der Waals surface area contributed by atoms with Crippen molar-refractivity contribution in [1.29, 1.82) is 0 Å². The first-order valence-corrected chi connectivity index (χ1v) is 7.98. The summed E-state index contributed by atoms with van der Waals surface area (Å²) in [5.74, 6) is -2.08. The zero-order valence-electron chi connectivity index (χ0n) is 12.8. The summed E-state index contributed by atoms with van der Waals surface area (Å²) in [6.45, 7) is 1.11. The molecule has 1 N–H and O–H groups in total. The van der Waals surface area contributed by atoms with Gasteiger partial charge in [-0.05, 0) is 19.1 Å². The molecule has 2 rings (SSSR count). The molecule has 0 saturated carbocycles. The molecule has 0 fully saturated rings. The van der Waals surface area contributed by atoms with Crippen molar-refractivity contribution in [3.63, 3.8) is 0 Å². The van der Waals surface area contributed by atoms with Crippen molar-refractivity contribution >= 4 is 28.7 Å². The fourth-order valence-electron chi connectivity index (χ4n) is 1.90. The number of phenolic OH excluding ortho intramolecular Hbond substituents is 1. The number of phenols is 1. The van der Waals surface area contributed by atoms with Crippen LogP contribution in [0.25, 0.3) is 0 Å². The number of carboxylic acid groups (broad SMARTS) is 2. The minimum atomic E-state index is -1.31. The van der Waals surface area contributed by atoms with Gasteiger partial charge in [-0.1, -0.05) is 0 Å². The van der Waals surface area contributed by atoms with Crippen LogP contribution in [0.5, 0.6) is 11.5 Å². The normalized spacial score (nSPS) is 19.8. The second-order valence-corrected chi connectivity index (χ2v) is 6.18. The summed E-state index contributed by atoms with van der Waals surface area (Å²) in [6.07, 6.45) is 0. The van der Waals surface area contributed by atoms with Crippen LogP contribution in [0, 0.1) is 0 Å². The van der Waals surface area contributed by atoms with Gasteiger partial charge in [0.15, 0.2) is 0 Å². The van der Waals surface area contributed by atoms with Crippen molar-refractivity contribution in [2.45, 2.75) is 12.5 Å². The lowest BCUT2D eigenvalue weighted by molar-refractivity contribution is -0.311. The molecule has 24 heavy (non-hydrogen) atoms. The number of thioether (sulfide) groups is 1. The van der Waals surface area contributed by atoms with Gasteiger partial charge in [0.25, 0.3) is 0 Å². The average molecular weight is 353 g/mol. The number of hydrogen-bond acceptors (Lipinski definition) is 9. The number of aliphatic carboxylic acids is 2. The number of aliphatic imine (C=N–C) groups is 1. The highest BCUT2D eigenvalue weighted by Gasteiger charge is 2.33. The van der Waals surface area contributed by atoms with Gasteiger partial charge in [-0.15, -0.1) is 11.8 Å². The predicted molar refractivity (Wildman–Crippen MR) is 81.8 cm³/mol. The monoisotopic (exact) mass is 353 g/mol. The average Bonchev–Trinajstić information content (AvgIpc) is 2.90. The molecule has 1 aromatic carbocycles. The molecular formula is C15H15NO7S-2. The van der Waals surface area contributed by atoms with Crippen LogP contribution in [-0.2, 0) is 14.3 Å². The van der Waals surface area contributed by atoms with E-state index in [9.17, 15) is 24.9 Å². The van der Waals surface area contributed by atoms with Gasteiger partial charge in [0.05, 0.1) is 25.2 Å². The van der Waals surface area contributed by atoms with Crippen molar-refractivity contribution in [2.75, 3.05) is 25.6 Å². The Morgan fingerprint density at radius 2 is 2.12 bits per heavy atom. The molecule has 0 radical (unpaired) electrons. The number of hydrogen-bond donors (Lipinski definition) is 1. The van der Waals surface area contributed by atoms with Crippen LogP contribution in [0.15, 0.2) is 23.2 Å². The van der Waals surface area contributed by atoms with E-state index in [1.165, 1.54) is 24.8 Å². The lowest BCUT2D eigenvalue weighted by Gasteiger charge is -2.19. The highest BCUT2D eigenvalue weighted by atomic mass is 32.2. The first-order chi connectivity index (χ1) is 11.3. The molecule has 0 unspecified atom stereocenters. The topological polar surface area (TPSA) is 131 Å². The Bertz CT molecular complexity index is 676. The largest absolute Gasteiger partial charge is 0.548 e. The number of benzene rings is 1. The van der Waals surface area contributed by atoms with E-state index in [1.54, 1.807) is 12.1 Å². The number of nitrogens with zero attached hydrogens (tertiary/aromatic N) is 1. The third-order valence-electron chi connectivity index (χ3n) is 3.19. The van der Waals surface area contributed by atoms with Crippen molar-refractivity contribution in [1.82, 2.24) is 0 Å². The molecule has 130 valence electrons. The highest BCUT2D eigenvalue weighted by molar-refractivity contribution is 8.14. The van der Waals surface area contributed by atoms with Crippen LogP contribution in [0.1, 0.15) is 12.5 Å². The van der Waals surface area contributed by atoms with Crippen LogP contribution in [0.4, 0.5) is 0 Å². The minimum Gasteiger partial charge on any atom is -0.548 e. The summed E-state index contributed by atoms with van der Waals surface area (Å²) in [5, 5.41) is 31.8. The maximum absolute atomic E-state index is 11.1. The Kier molecular flexibility index (Phi) is 5.68. The van der Waals surface area contributed by atoms with E-state index < -0.39 is 24.1 Å². The van der Waals surface area contributed by atoms with Gasteiger partial charge in [0.2, 0.25) is 0 Å². The van der Waals surface area contributed by atoms with E-state index in [2.05, 4.69) is 4.99 Å². The van der Waals surface area contributed by atoms with Gasteiger partial charge in [-0.25, -0.2) is 0 Å². The summed E-state index contributed by atoms with van der Waals surface area (Å²) >= 11 is 1.22. The highest BCUT2D eigenvalue weighted by Crippen LogP contribution is 2.35. The van der Waals surface area contributed by atoms with E-state index in [0.29, 0.717) is 16.4 Å². The molecule has 9 heteroatoms. The second-order valence-electron chi connectivity index (χ2n) is 5.22. The molecule has 0 aromatic heterocycles. The summed E-state index contributed by atoms with van der Waals surface area (Å²) in [7, 11) is 0. The molecule has 1 aliphatic heterocycles. The fraction of sp³-hybridized carbons (Fsp3) is 0.400. The van der Waals surface area contributed by atoms with Crippen molar-refractivity contribution in [2.24, 2.45) is 4.99 Å². The number of carbonyl (C=O) groups excluding carboxylic acids is 2. The summed E-state index contributed by atoms with van der Waals surface area (Å²) < 4.78 is 10.1. The lowest BCUT2D eigenvalue weighted by Crippen LogP contribution is -2.45. The van der Waals surface area contributed by atoms with Gasteiger partial charge in [0.1, 0.15) is 28.7 Å². The van der Waals surface area contributed by atoms with Gasteiger partial charge < -0.3 is 34.4 Å². The first kappa shape index (κ1) is 18.1. The van der Waals surface area contributed by atoms with Crippen molar-refractivity contribution in [3.8, 4) is 11.5 Å². The van der Waals surface area contributed by atoms with Gasteiger partial charge >= 0.3 is 0 Å². The van der Waals surface area contributed by atoms with Crippen LogP contribution in [0.3, 0.4) is 0 Å². The zero-order valence-corrected chi connectivity index (χ0v) is 13.6. The molecule has 0 bridgehead atoms. The van der Waals surface area contributed by atoms with Crippen molar-refractivity contribution in [3.05, 3.63) is 23.8 Å². The van der Waals surface area contributed by atoms with Gasteiger partial charge in [0, 0.05) is 17.4 Å². The Morgan fingerprint density at radius 1 is 1.38 bits per heavy atom. The van der Waals surface area contributed by atoms with E-state index in [-0.39, 0.29) is 24.7 Å². The SMILES string of the molecule is C[C@]1(C(=O)[O-])CSC(c2ccc(OCCOCC(=O)[O-])cc2O)=N1. The lowest BCUT2D eigenvalue weighted by atomic mass is 10.1. The molecular weight excluding hydrogens is 338 g/mol. The van der Waals surface area contributed by atoms with E-state index in [0.717, 1.165) is 0 Å². The second kappa shape index (κ2) is 7.54. The Balaban J connectivity index is 1.98. The van der Waals surface area contributed by atoms with E-state index in [4.69, 9.17) is 9.47 Å². The smallest absolute Gasteiger partial charge is 0.129 e. The van der Waals surface area contributed by atoms with Crippen LogP contribution < -0.4 is 14.9 Å². The number of carbonyl (C=O) groups is 2. The molecule has 8 nitrogen and oxygen atoms in total. The van der Waals surface area contributed by atoms with E-state index in [1.807, 2.05) is 0 Å². The number of carboxylic acids is 2.